The van der Waals surface area contributed by atoms with Crippen LogP contribution in [0.25, 0.3) is 0 Å². The molecule has 10 heteroatoms. The Morgan fingerprint density at radius 1 is 1.03 bits per heavy atom. The Hall–Kier alpha value is -3.45. The summed E-state index contributed by atoms with van der Waals surface area (Å²) >= 11 is 0. The zero-order chi connectivity index (χ0) is 25.4. The number of aliphatic carboxylic acids is 1. The van der Waals surface area contributed by atoms with Gasteiger partial charge in [0.25, 0.3) is 0 Å². The van der Waals surface area contributed by atoms with E-state index in [0.29, 0.717) is 17.9 Å². The highest BCUT2D eigenvalue weighted by molar-refractivity contribution is 5.72. The topological polar surface area (TPSA) is 55.8 Å². The van der Waals surface area contributed by atoms with E-state index in [4.69, 9.17) is 14.6 Å². The van der Waals surface area contributed by atoms with Crippen molar-refractivity contribution in [2.75, 3.05) is 13.2 Å². The summed E-state index contributed by atoms with van der Waals surface area (Å²) in [4.78, 5) is 11.1. The molecule has 1 atom stereocenters. The number of ether oxygens (including phenoxy) is 2. The molecule has 0 spiro atoms. The molecule has 0 aromatic heterocycles. The Bertz CT molecular complexity index is 1030. The van der Waals surface area contributed by atoms with Gasteiger partial charge in [0.1, 0.15) is 12.4 Å². The molecule has 0 amide bonds. The van der Waals surface area contributed by atoms with Crippen LogP contribution in [0.3, 0.4) is 0 Å². The van der Waals surface area contributed by atoms with Crippen LogP contribution in [-0.4, -0.2) is 30.4 Å². The Morgan fingerprint density at radius 2 is 1.62 bits per heavy atom. The van der Waals surface area contributed by atoms with E-state index in [1.165, 1.54) is 12.2 Å². The second-order valence-corrected chi connectivity index (χ2v) is 6.91. The van der Waals surface area contributed by atoms with E-state index < -0.39 is 41.1 Å². The highest BCUT2D eigenvalue weighted by Crippen LogP contribution is 2.36. The molecule has 1 unspecified atom stereocenters. The first kappa shape index (κ1) is 26.8. The lowest BCUT2D eigenvalue weighted by Gasteiger charge is -2.12. The summed E-state index contributed by atoms with van der Waals surface area (Å²) in [5.41, 5.74) is -2.56. The lowest BCUT2D eigenvalue weighted by molar-refractivity contribution is -0.150. The van der Waals surface area contributed by atoms with Crippen molar-refractivity contribution >= 4 is 5.97 Å². The quantitative estimate of drug-likeness (QED) is 0.382. The molecule has 0 aliphatic heterocycles. The molecule has 0 fully saturated rings. The number of halogens is 6. The monoisotopic (exact) mass is 486 g/mol. The third-order valence-electron chi connectivity index (χ3n) is 4.34. The molecular weight excluding hydrogens is 466 g/mol. The largest absolute Gasteiger partial charge is 0.490 e. The van der Waals surface area contributed by atoms with Crippen LogP contribution in [-0.2, 0) is 28.3 Å². The number of allylic oxidation sites excluding steroid dienone is 1. The highest BCUT2D eigenvalue weighted by Gasteiger charge is 2.36. The van der Waals surface area contributed by atoms with E-state index in [9.17, 15) is 31.1 Å². The molecule has 2 rings (SSSR count). The number of carbonyl (C=O) groups is 1. The van der Waals surface area contributed by atoms with Crippen LogP contribution in [0.4, 0.5) is 26.3 Å². The second-order valence-electron chi connectivity index (χ2n) is 6.91. The Morgan fingerprint density at radius 3 is 2.12 bits per heavy atom. The fraction of sp³-hybridized carbons (Fsp3) is 0.292. The molecule has 0 radical (unpaired) electrons. The number of hydrogen-bond donors (Lipinski definition) is 1. The molecule has 0 saturated carbocycles. The van der Waals surface area contributed by atoms with Gasteiger partial charge in [0, 0.05) is 18.6 Å². The maximum atomic E-state index is 12.9. The van der Waals surface area contributed by atoms with Crippen LogP contribution in [0, 0.1) is 11.8 Å². The van der Waals surface area contributed by atoms with Crippen LogP contribution in [0.15, 0.2) is 54.6 Å². The van der Waals surface area contributed by atoms with Crippen LogP contribution < -0.4 is 4.74 Å². The number of carboxylic acids is 1. The first-order chi connectivity index (χ1) is 15.9. The lowest BCUT2D eigenvalue weighted by atomic mass is 10.0. The van der Waals surface area contributed by atoms with Crippen molar-refractivity contribution < 1.29 is 45.7 Å². The molecule has 0 aliphatic carbocycles. The zero-order valence-electron chi connectivity index (χ0n) is 17.8. The molecule has 1 N–H and O–H groups in total. The minimum atomic E-state index is -4.94. The number of alkyl halides is 6. The molecule has 4 nitrogen and oxygen atoms in total. The molecule has 0 bridgehead atoms. The highest BCUT2D eigenvalue weighted by atomic mass is 19.4. The van der Waals surface area contributed by atoms with Gasteiger partial charge in [-0.2, -0.15) is 26.3 Å². The summed E-state index contributed by atoms with van der Waals surface area (Å²) in [6, 6.07) is 7.75. The number of rotatable bonds is 8. The van der Waals surface area contributed by atoms with Gasteiger partial charge < -0.3 is 14.6 Å². The van der Waals surface area contributed by atoms with Gasteiger partial charge in [-0.15, -0.1) is 0 Å². The third-order valence-corrected chi connectivity index (χ3v) is 4.34. The Balaban J connectivity index is 1.97. The summed E-state index contributed by atoms with van der Waals surface area (Å²) in [6.45, 7) is 2.01. The van der Waals surface area contributed by atoms with Gasteiger partial charge in [-0.25, -0.2) is 4.79 Å². The minimum Gasteiger partial charge on any atom is -0.490 e. The summed E-state index contributed by atoms with van der Waals surface area (Å²) in [5.74, 6) is 4.05. The summed E-state index contributed by atoms with van der Waals surface area (Å²) in [5, 5.41) is 9.11. The van der Waals surface area contributed by atoms with Crippen LogP contribution in [0.5, 0.6) is 5.75 Å². The van der Waals surface area contributed by atoms with Crippen LogP contribution in [0.2, 0.25) is 0 Å². The third kappa shape index (κ3) is 8.48. The van der Waals surface area contributed by atoms with Crippen LogP contribution >= 0.6 is 0 Å². The maximum absolute atomic E-state index is 12.9. The molecule has 2 aromatic carbocycles. The Labute approximate surface area is 191 Å². The fourth-order valence-electron chi connectivity index (χ4n) is 2.76. The summed E-state index contributed by atoms with van der Waals surface area (Å²) in [7, 11) is 0. The first-order valence-corrected chi connectivity index (χ1v) is 9.92. The average molecular weight is 486 g/mol. The molecule has 0 heterocycles. The second kappa shape index (κ2) is 11.6. The van der Waals surface area contributed by atoms with Gasteiger partial charge >= 0.3 is 18.3 Å². The van der Waals surface area contributed by atoms with E-state index in [1.807, 2.05) is 0 Å². The smallest absolute Gasteiger partial charge is 0.416 e. The molecule has 0 saturated heterocycles. The van der Waals surface area contributed by atoms with Gasteiger partial charge in [-0.3, -0.25) is 0 Å². The Kier molecular flexibility index (Phi) is 9.15. The van der Waals surface area contributed by atoms with Crippen molar-refractivity contribution in [3.05, 3.63) is 76.9 Å². The van der Waals surface area contributed by atoms with E-state index >= 15 is 0 Å². The fourth-order valence-corrected chi connectivity index (χ4v) is 2.76. The van der Waals surface area contributed by atoms with E-state index in [1.54, 1.807) is 31.2 Å². The zero-order valence-corrected chi connectivity index (χ0v) is 17.8. The molecule has 182 valence electrons. The SMILES string of the molecule is CCOC(Cc1ccc(OCC=CC#Cc2cc(C(F)(F)F)cc(C(F)(F)F)c2)cc1)C(=O)O. The van der Waals surface area contributed by atoms with E-state index in [0.717, 1.165) is 5.56 Å². The van der Waals surface area contributed by atoms with Gasteiger partial charge in [-0.1, -0.05) is 24.0 Å². The predicted octanol–water partition coefficient (Wildman–Crippen LogP) is 5.74. The first-order valence-electron chi connectivity index (χ1n) is 9.92. The summed E-state index contributed by atoms with van der Waals surface area (Å²) < 4.78 is 87.8. The van der Waals surface area contributed by atoms with Gasteiger partial charge in [0.05, 0.1) is 11.1 Å². The summed E-state index contributed by atoms with van der Waals surface area (Å²) in [6.07, 6.45) is -7.95. The van der Waals surface area contributed by atoms with Gasteiger partial charge in [-0.05, 0) is 55.0 Å². The molecular formula is C24H20F6O4. The van der Waals surface area contributed by atoms with Crippen molar-refractivity contribution in [1.82, 2.24) is 0 Å². The van der Waals surface area contributed by atoms with E-state index in [-0.39, 0.29) is 25.7 Å². The average Bonchev–Trinajstić information content (AvgIpc) is 2.75. The standard InChI is InChI=1S/C24H20F6O4/c1-2-33-21(22(31)32)14-16-7-9-20(10-8-16)34-11-5-3-4-6-17-12-18(23(25,26)27)15-19(13-17)24(28,29)30/h3,5,7-10,12-13,15,21H,2,11,14H2,1H3,(H,31,32). The molecule has 34 heavy (non-hydrogen) atoms. The van der Waals surface area contributed by atoms with Crippen molar-refractivity contribution in [3.63, 3.8) is 0 Å². The predicted molar refractivity (Wildman–Crippen MR) is 111 cm³/mol. The van der Waals surface area contributed by atoms with Crippen molar-refractivity contribution in [2.45, 2.75) is 31.8 Å². The van der Waals surface area contributed by atoms with Crippen molar-refractivity contribution in [3.8, 4) is 17.6 Å². The molecule has 0 aliphatic rings. The van der Waals surface area contributed by atoms with Crippen molar-refractivity contribution in [1.29, 1.82) is 0 Å². The maximum Gasteiger partial charge on any atom is 0.416 e. The normalized spacial score (nSPS) is 12.8. The number of carboxylic acid groups (broad SMARTS) is 1. The van der Waals surface area contributed by atoms with Gasteiger partial charge in [0.15, 0.2) is 6.10 Å². The lowest BCUT2D eigenvalue weighted by Crippen LogP contribution is -2.26. The molecule has 2 aromatic rings. The minimum absolute atomic E-state index is 0.0405. The van der Waals surface area contributed by atoms with Crippen molar-refractivity contribution in [2.24, 2.45) is 0 Å². The van der Waals surface area contributed by atoms with Gasteiger partial charge in [0.2, 0.25) is 0 Å². The van der Waals surface area contributed by atoms with E-state index in [2.05, 4.69) is 11.8 Å². The number of hydrogen-bond acceptors (Lipinski definition) is 3. The number of benzene rings is 2. The van der Waals surface area contributed by atoms with Crippen LogP contribution in [0.1, 0.15) is 29.2 Å².